The van der Waals surface area contributed by atoms with Gasteiger partial charge in [-0.05, 0) is 36.6 Å². The van der Waals surface area contributed by atoms with Crippen LogP contribution in [-0.4, -0.2) is 29.7 Å². The molecular formula is C21H21ClFN5O. The molecule has 29 heavy (non-hydrogen) atoms. The van der Waals surface area contributed by atoms with Gasteiger partial charge in [0.05, 0.1) is 6.54 Å². The van der Waals surface area contributed by atoms with Crippen molar-refractivity contribution < 1.29 is 8.91 Å². The van der Waals surface area contributed by atoms with E-state index in [2.05, 4.69) is 25.8 Å². The normalized spacial score (nSPS) is 15.2. The number of halogens is 2. The molecule has 0 saturated heterocycles. The number of hydrogen-bond acceptors (Lipinski definition) is 4. The van der Waals surface area contributed by atoms with E-state index in [1.165, 1.54) is 6.07 Å². The number of guanidine groups is 1. The molecule has 0 amide bonds. The number of nitrogens with one attached hydrogen (secondary N) is 2. The number of benzene rings is 2. The van der Waals surface area contributed by atoms with E-state index < -0.39 is 0 Å². The van der Waals surface area contributed by atoms with Crippen LogP contribution in [-0.2, 0) is 12.0 Å². The molecule has 0 bridgehead atoms. The minimum absolute atomic E-state index is 0.158. The Balaban J connectivity index is 1.34. The molecule has 1 saturated carbocycles. The molecule has 1 aliphatic carbocycles. The van der Waals surface area contributed by atoms with Gasteiger partial charge in [0.15, 0.2) is 5.96 Å². The fraction of sp³-hybridized carbons (Fsp3) is 0.286. The van der Waals surface area contributed by atoms with Crippen LogP contribution in [0.25, 0.3) is 11.4 Å². The van der Waals surface area contributed by atoms with Crippen molar-refractivity contribution >= 4 is 17.6 Å². The summed E-state index contributed by atoms with van der Waals surface area (Å²) in [6.45, 7) is 0.922. The highest BCUT2D eigenvalue weighted by molar-refractivity contribution is 6.30. The number of nitrogens with zero attached hydrogens (tertiary/aromatic N) is 3. The van der Waals surface area contributed by atoms with Gasteiger partial charge in [0.2, 0.25) is 11.7 Å². The highest BCUT2D eigenvalue weighted by atomic mass is 35.5. The van der Waals surface area contributed by atoms with Crippen molar-refractivity contribution in [1.29, 1.82) is 0 Å². The molecule has 2 N–H and O–H groups in total. The maximum absolute atomic E-state index is 14.2. The fourth-order valence-corrected chi connectivity index (χ4v) is 3.48. The predicted molar refractivity (Wildman–Crippen MR) is 110 cm³/mol. The Morgan fingerprint density at radius 1 is 1.21 bits per heavy atom. The molecule has 0 radical (unpaired) electrons. The largest absolute Gasteiger partial charge is 0.356 e. The van der Waals surface area contributed by atoms with Crippen LogP contribution in [0.4, 0.5) is 4.39 Å². The lowest BCUT2D eigenvalue weighted by Gasteiger charge is -2.19. The van der Waals surface area contributed by atoms with Gasteiger partial charge in [-0.1, -0.05) is 47.1 Å². The van der Waals surface area contributed by atoms with Crippen LogP contribution < -0.4 is 10.6 Å². The summed E-state index contributed by atoms with van der Waals surface area (Å²) in [5, 5.41) is 11.0. The Kier molecular flexibility index (Phi) is 5.49. The molecular weight excluding hydrogens is 393 g/mol. The van der Waals surface area contributed by atoms with Gasteiger partial charge in [-0.3, -0.25) is 4.99 Å². The van der Waals surface area contributed by atoms with Crippen molar-refractivity contribution in [1.82, 2.24) is 20.8 Å². The maximum Gasteiger partial charge on any atom is 0.246 e. The van der Waals surface area contributed by atoms with Crippen LogP contribution in [0.15, 0.2) is 58.0 Å². The molecule has 150 valence electrons. The molecule has 4 rings (SSSR count). The van der Waals surface area contributed by atoms with Gasteiger partial charge < -0.3 is 15.2 Å². The second-order valence-electron chi connectivity index (χ2n) is 7.06. The second kappa shape index (κ2) is 8.21. The van der Waals surface area contributed by atoms with E-state index in [0.29, 0.717) is 35.8 Å². The van der Waals surface area contributed by atoms with Crippen molar-refractivity contribution in [2.75, 3.05) is 13.6 Å². The number of rotatable bonds is 6. The minimum atomic E-state index is -0.173. The summed E-state index contributed by atoms with van der Waals surface area (Å²) in [5.74, 6) is 1.34. The van der Waals surface area contributed by atoms with Gasteiger partial charge in [-0.25, -0.2) is 4.39 Å². The lowest BCUT2D eigenvalue weighted by Crippen LogP contribution is -2.41. The van der Waals surface area contributed by atoms with Crippen molar-refractivity contribution in [2.24, 2.45) is 4.99 Å². The summed E-state index contributed by atoms with van der Waals surface area (Å²) < 4.78 is 19.5. The van der Waals surface area contributed by atoms with Gasteiger partial charge in [-0.15, -0.1) is 0 Å². The SMILES string of the molecule is CN=C(NCc1nc(-c2cccc(Cl)c2)no1)NCC1(c2ccccc2F)CC1. The molecule has 1 aliphatic rings. The van der Waals surface area contributed by atoms with E-state index in [9.17, 15) is 4.39 Å². The van der Waals surface area contributed by atoms with Crippen molar-refractivity contribution in [3.8, 4) is 11.4 Å². The topological polar surface area (TPSA) is 75.3 Å². The Morgan fingerprint density at radius 3 is 2.76 bits per heavy atom. The summed E-state index contributed by atoms with van der Waals surface area (Å²) >= 11 is 6.01. The Morgan fingerprint density at radius 2 is 2.03 bits per heavy atom. The first kappa shape index (κ1) is 19.4. The van der Waals surface area contributed by atoms with Crippen LogP contribution in [0.2, 0.25) is 5.02 Å². The molecule has 0 unspecified atom stereocenters. The molecule has 2 aromatic carbocycles. The lowest BCUT2D eigenvalue weighted by atomic mass is 9.95. The first-order valence-corrected chi connectivity index (χ1v) is 9.75. The summed E-state index contributed by atoms with van der Waals surface area (Å²) in [7, 11) is 1.68. The van der Waals surface area contributed by atoms with Gasteiger partial charge in [-0.2, -0.15) is 4.98 Å². The molecule has 1 fully saturated rings. The summed E-state index contributed by atoms with van der Waals surface area (Å²) in [6, 6.07) is 14.2. The van der Waals surface area contributed by atoms with Crippen LogP contribution >= 0.6 is 11.6 Å². The molecule has 1 heterocycles. The predicted octanol–water partition coefficient (Wildman–Crippen LogP) is 3.93. The summed E-state index contributed by atoms with van der Waals surface area (Å²) in [6.07, 6.45) is 1.90. The van der Waals surface area contributed by atoms with Gasteiger partial charge in [0, 0.05) is 29.6 Å². The zero-order chi connectivity index (χ0) is 20.3. The molecule has 0 atom stereocenters. The monoisotopic (exact) mass is 413 g/mol. The van der Waals surface area contributed by atoms with E-state index >= 15 is 0 Å². The zero-order valence-electron chi connectivity index (χ0n) is 16.0. The Labute approximate surface area is 173 Å². The van der Waals surface area contributed by atoms with Crippen LogP contribution in [0.1, 0.15) is 24.3 Å². The maximum atomic E-state index is 14.2. The molecule has 6 nitrogen and oxygen atoms in total. The van der Waals surface area contributed by atoms with E-state index in [4.69, 9.17) is 16.1 Å². The number of hydrogen-bond donors (Lipinski definition) is 2. The molecule has 0 spiro atoms. The fourth-order valence-electron chi connectivity index (χ4n) is 3.29. The third-order valence-electron chi connectivity index (χ3n) is 5.07. The van der Waals surface area contributed by atoms with E-state index in [-0.39, 0.29) is 11.2 Å². The highest BCUT2D eigenvalue weighted by Gasteiger charge is 2.45. The second-order valence-corrected chi connectivity index (χ2v) is 7.50. The van der Waals surface area contributed by atoms with Gasteiger partial charge in [0.1, 0.15) is 5.82 Å². The smallest absolute Gasteiger partial charge is 0.246 e. The van der Waals surface area contributed by atoms with Crippen molar-refractivity contribution in [2.45, 2.75) is 24.8 Å². The zero-order valence-corrected chi connectivity index (χ0v) is 16.7. The lowest BCUT2D eigenvalue weighted by molar-refractivity contribution is 0.375. The molecule has 3 aromatic rings. The molecule has 0 aliphatic heterocycles. The third-order valence-corrected chi connectivity index (χ3v) is 5.31. The van der Waals surface area contributed by atoms with E-state index in [1.807, 2.05) is 24.3 Å². The average Bonchev–Trinajstić information content (AvgIpc) is 3.36. The van der Waals surface area contributed by atoms with Crippen LogP contribution in [0, 0.1) is 5.82 Å². The highest BCUT2D eigenvalue weighted by Crippen LogP contribution is 2.48. The van der Waals surface area contributed by atoms with Gasteiger partial charge >= 0.3 is 0 Å². The Bertz CT molecular complexity index is 1030. The van der Waals surface area contributed by atoms with Crippen molar-refractivity contribution in [3.63, 3.8) is 0 Å². The molecule has 8 heteroatoms. The number of aliphatic imine (C=N–C) groups is 1. The first-order valence-electron chi connectivity index (χ1n) is 9.38. The quantitative estimate of drug-likeness (QED) is 0.473. The standard InChI is InChI=1S/C21H21ClFN5O/c1-24-20(26-13-21(9-10-21)16-7-2-3-8-17(16)23)25-12-18-27-19(28-29-18)14-5-4-6-15(22)11-14/h2-8,11H,9-10,12-13H2,1H3,(H2,24,25,26). The average molecular weight is 414 g/mol. The molecule has 1 aromatic heterocycles. The van der Waals surface area contributed by atoms with E-state index in [1.54, 1.807) is 25.2 Å². The first-order chi connectivity index (χ1) is 14.1. The van der Waals surface area contributed by atoms with Gasteiger partial charge in [0.25, 0.3) is 0 Å². The van der Waals surface area contributed by atoms with Crippen LogP contribution in [0.5, 0.6) is 0 Å². The Hall–Kier alpha value is -2.93. The summed E-state index contributed by atoms with van der Waals surface area (Å²) in [5.41, 5.74) is 1.37. The summed E-state index contributed by atoms with van der Waals surface area (Å²) in [4.78, 5) is 8.60. The van der Waals surface area contributed by atoms with E-state index in [0.717, 1.165) is 24.0 Å². The third kappa shape index (κ3) is 4.40. The minimum Gasteiger partial charge on any atom is -0.356 e. The van der Waals surface area contributed by atoms with Crippen LogP contribution in [0.3, 0.4) is 0 Å². The number of aromatic nitrogens is 2. The van der Waals surface area contributed by atoms with Crippen molar-refractivity contribution in [3.05, 3.63) is 70.8 Å².